The fraction of sp³-hybridized carbons (Fsp3) is 0.312. The average molecular weight is 330 g/mol. The van der Waals surface area contributed by atoms with Crippen LogP contribution in [0.3, 0.4) is 0 Å². The molecule has 126 valence electrons. The van der Waals surface area contributed by atoms with Crippen LogP contribution < -0.4 is 10.6 Å². The van der Waals surface area contributed by atoms with E-state index in [9.17, 15) is 9.59 Å². The van der Waals surface area contributed by atoms with Gasteiger partial charge in [0.15, 0.2) is 5.82 Å². The minimum absolute atomic E-state index is 0.0229. The molecular formula is C16H18N4O4. The van der Waals surface area contributed by atoms with Crippen LogP contribution >= 0.6 is 0 Å². The van der Waals surface area contributed by atoms with Gasteiger partial charge in [-0.1, -0.05) is 35.5 Å². The summed E-state index contributed by atoms with van der Waals surface area (Å²) in [5.41, 5.74) is 6.09. The van der Waals surface area contributed by atoms with Crippen LogP contribution in [0.1, 0.15) is 16.1 Å². The van der Waals surface area contributed by atoms with Crippen molar-refractivity contribution in [2.24, 2.45) is 5.73 Å². The Bertz CT molecular complexity index is 708. The van der Waals surface area contributed by atoms with Gasteiger partial charge in [-0.05, 0) is 5.56 Å². The number of carbonyl (C=O) groups excluding carboxylic acids is 2. The van der Waals surface area contributed by atoms with Crippen molar-refractivity contribution in [3.05, 3.63) is 47.7 Å². The molecule has 1 aliphatic heterocycles. The quantitative estimate of drug-likeness (QED) is 0.905. The van der Waals surface area contributed by atoms with Crippen molar-refractivity contribution in [1.82, 2.24) is 10.1 Å². The van der Waals surface area contributed by atoms with Gasteiger partial charge in [-0.2, -0.15) is 0 Å². The first-order valence-electron chi connectivity index (χ1n) is 7.60. The molecular weight excluding hydrogens is 312 g/mol. The predicted molar refractivity (Wildman–Crippen MR) is 85.4 cm³/mol. The molecule has 1 aliphatic rings. The molecule has 0 radical (unpaired) electrons. The van der Waals surface area contributed by atoms with Crippen molar-refractivity contribution >= 4 is 17.8 Å². The van der Waals surface area contributed by atoms with Gasteiger partial charge >= 0.3 is 6.09 Å². The van der Waals surface area contributed by atoms with Crippen molar-refractivity contribution in [2.75, 3.05) is 31.1 Å². The molecule has 1 saturated heterocycles. The molecule has 2 N–H and O–H groups in total. The lowest BCUT2D eigenvalue weighted by molar-refractivity contribution is 0.0937. The monoisotopic (exact) mass is 330 g/mol. The summed E-state index contributed by atoms with van der Waals surface area (Å²) in [7, 11) is 0. The molecule has 0 atom stereocenters. The molecule has 0 spiro atoms. The Hall–Kier alpha value is -3.03. The number of rotatable bonds is 4. The van der Waals surface area contributed by atoms with Crippen LogP contribution in [0.4, 0.5) is 10.6 Å². The van der Waals surface area contributed by atoms with Crippen molar-refractivity contribution in [2.45, 2.75) is 6.61 Å². The van der Waals surface area contributed by atoms with E-state index in [1.165, 1.54) is 6.07 Å². The maximum Gasteiger partial charge on any atom is 0.410 e. The molecule has 1 aromatic carbocycles. The zero-order valence-corrected chi connectivity index (χ0v) is 13.1. The van der Waals surface area contributed by atoms with Gasteiger partial charge in [-0.3, -0.25) is 4.79 Å². The van der Waals surface area contributed by atoms with Gasteiger partial charge in [-0.15, -0.1) is 0 Å². The summed E-state index contributed by atoms with van der Waals surface area (Å²) in [5.74, 6) is -0.0901. The van der Waals surface area contributed by atoms with E-state index in [-0.39, 0.29) is 18.5 Å². The first-order valence-corrected chi connectivity index (χ1v) is 7.60. The smallest absolute Gasteiger partial charge is 0.410 e. The van der Waals surface area contributed by atoms with Crippen molar-refractivity contribution in [3.63, 3.8) is 0 Å². The molecule has 3 rings (SSSR count). The maximum atomic E-state index is 12.1. The maximum absolute atomic E-state index is 12.1. The van der Waals surface area contributed by atoms with Gasteiger partial charge in [-0.25, -0.2) is 4.79 Å². The number of hydrogen-bond donors (Lipinski definition) is 1. The van der Waals surface area contributed by atoms with E-state index >= 15 is 0 Å². The third-order valence-corrected chi connectivity index (χ3v) is 3.81. The zero-order chi connectivity index (χ0) is 16.9. The summed E-state index contributed by atoms with van der Waals surface area (Å²) >= 11 is 0. The number of piperazine rings is 1. The number of nitrogens with two attached hydrogens (primary N) is 1. The molecule has 0 aliphatic carbocycles. The van der Waals surface area contributed by atoms with Crippen LogP contribution in [0.5, 0.6) is 0 Å². The lowest BCUT2D eigenvalue weighted by Gasteiger charge is -2.33. The fourth-order valence-corrected chi connectivity index (χ4v) is 2.46. The Labute approximate surface area is 138 Å². The number of ether oxygens (including phenoxy) is 1. The van der Waals surface area contributed by atoms with Crippen molar-refractivity contribution in [3.8, 4) is 0 Å². The number of hydrogen-bond acceptors (Lipinski definition) is 6. The lowest BCUT2D eigenvalue weighted by atomic mass is 10.2. The van der Waals surface area contributed by atoms with E-state index in [0.717, 1.165) is 5.56 Å². The summed E-state index contributed by atoms with van der Waals surface area (Å²) in [5, 5.41) is 3.82. The van der Waals surface area contributed by atoms with Gasteiger partial charge in [0.1, 0.15) is 6.61 Å². The molecule has 8 nitrogen and oxygen atoms in total. The Kier molecular flexibility index (Phi) is 4.64. The van der Waals surface area contributed by atoms with Crippen LogP contribution in [-0.4, -0.2) is 48.2 Å². The minimum Gasteiger partial charge on any atom is -0.445 e. The van der Waals surface area contributed by atoms with Crippen LogP contribution in [0, 0.1) is 0 Å². The number of nitrogens with zero attached hydrogens (tertiary/aromatic N) is 3. The van der Waals surface area contributed by atoms with E-state index in [2.05, 4.69) is 5.16 Å². The highest BCUT2D eigenvalue weighted by Crippen LogP contribution is 2.17. The largest absolute Gasteiger partial charge is 0.445 e. The summed E-state index contributed by atoms with van der Waals surface area (Å²) in [6, 6.07) is 11.0. The predicted octanol–water partition coefficient (Wildman–Crippen LogP) is 1.23. The molecule has 24 heavy (non-hydrogen) atoms. The molecule has 0 unspecified atom stereocenters. The Balaban J connectivity index is 1.49. The SMILES string of the molecule is NC(=O)c1cc(N2CCN(C(=O)OCc3ccccc3)CC2)no1. The number of anilines is 1. The Morgan fingerprint density at radius 2 is 1.88 bits per heavy atom. The number of carbonyl (C=O) groups is 2. The highest BCUT2D eigenvalue weighted by Gasteiger charge is 2.24. The normalized spacial score (nSPS) is 14.5. The Morgan fingerprint density at radius 3 is 2.50 bits per heavy atom. The first kappa shape index (κ1) is 15.9. The van der Waals surface area contributed by atoms with Gasteiger partial charge in [0.2, 0.25) is 5.76 Å². The van der Waals surface area contributed by atoms with Crippen LogP contribution in [0.15, 0.2) is 40.9 Å². The Morgan fingerprint density at radius 1 is 1.17 bits per heavy atom. The van der Waals surface area contributed by atoms with E-state index in [0.29, 0.717) is 32.0 Å². The third-order valence-electron chi connectivity index (χ3n) is 3.81. The van der Waals surface area contributed by atoms with Crippen LogP contribution in [0.2, 0.25) is 0 Å². The summed E-state index contributed by atoms with van der Waals surface area (Å²) < 4.78 is 10.2. The summed E-state index contributed by atoms with van der Waals surface area (Å²) in [6.45, 7) is 2.42. The zero-order valence-electron chi connectivity index (χ0n) is 13.1. The first-order chi connectivity index (χ1) is 11.6. The molecule has 2 amide bonds. The van der Waals surface area contributed by atoms with Crippen molar-refractivity contribution in [1.29, 1.82) is 0 Å². The topological polar surface area (TPSA) is 102 Å². The molecule has 0 saturated carbocycles. The summed E-state index contributed by atoms with van der Waals surface area (Å²) in [4.78, 5) is 26.7. The molecule has 1 aromatic heterocycles. The second kappa shape index (κ2) is 7.03. The van der Waals surface area contributed by atoms with Crippen LogP contribution in [0.25, 0.3) is 0 Å². The molecule has 0 bridgehead atoms. The van der Waals surface area contributed by atoms with E-state index < -0.39 is 5.91 Å². The van der Waals surface area contributed by atoms with E-state index in [4.69, 9.17) is 15.0 Å². The van der Waals surface area contributed by atoms with E-state index in [1.54, 1.807) is 4.90 Å². The highest BCUT2D eigenvalue weighted by atomic mass is 16.6. The summed E-state index contributed by atoms with van der Waals surface area (Å²) in [6.07, 6.45) is -0.337. The van der Waals surface area contributed by atoms with Crippen LogP contribution in [-0.2, 0) is 11.3 Å². The number of benzene rings is 1. The van der Waals surface area contributed by atoms with Gasteiger partial charge in [0.05, 0.1) is 0 Å². The lowest BCUT2D eigenvalue weighted by Crippen LogP contribution is -2.49. The molecule has 8 heteroatoms. The van der Waals surface area contributed by atoms with Gasteiger partial charge in [0.25, 0.3) is 5.91 Å². The fourth-order valence-electron chi connectivity index (χ4n) is 2.46. The standard InChI is InChI=1S/C16H18N4O4/c17-15(21)13-10-14(18-24-13)19-6-8-20(9-7-19)16(22)23-11-12-4-2-1-3-5-12/h1-5,10H,6-9,11H2,(H2,17,21). The number of aromatic nitrogens is 1. The second-order valence-corrected chi connectivity index (χ2v) is 5.43. The molecule has 2 aromatic rings. The average Bonchev–Trinajstić information content (AvgIpc) is 3.11. The molecule has 1 fully saturated rings. The number of amides is 2. The molecule has 2 heterocycles. The number of primary amides is 1. The van der Waals surface area contributed by atoms with Gasteiger partial charge in [0, 0.05) is 32.2 Å². The minimum atomic E-state index is -0.656. The van der Waals surface area contributed by atoms with Crippen molar-refractivity contribution < 1.29 is 18.8 Å². The van der Waals surface area contributed by atoms with Gasteiger partial charge < -0.3 is 24.8 Å². The highest BCUT2D eigenvalue weighted by molar-refractivity contribution is 5.90. The third kappa shape index (κ3) is 3.65. The second-order valence-electron chi connectivity index (χ2n) is 5.43. The van der Waals surface area contributed by atoms with E-state index in [1.807, 2.05) is 35.2 Å².